The fraction of sp³-hybridized carbons (Fsp3) is 0.556. The maximum atomic E-state index is 10.9. The fourth-order valence-corrected chi connectivity index (χ4v) is 1.58. The topological polar surface area (TPSA) is 30.0 Å². The summed E-state index contributed by atoms with van der Waals surface area (Å²) in [6.45, 7) is 5.55. The molecule has 0 aliphatic carbocycles. The van der Waals surface area contributed by atoms with Gasteiger partial charge in [0, 0.05) is 11.3 Å². The molecule has 3 heteroatoms. The number of nitrogens with zero attached hydrogens (tertiary/aromatic N) is 1. The molecular formula is C9H13NOS. The zero-order chi connectivity index (χ0) is 9.14. The van der Waals surface area contributed by atoms with Gasteiger partial charge in [-0.25, -0.2) is 4.98 Å². The van der Waals surface area contributed by atoms with Gasteiger partial charge in [-0.1, -0.05) is 6.92 Å². The number of carbonyl (C=O) groups excluding carboxylic acids is 1. The summed E-state index contributed by atoms with van der Waals surface area (Å²) in [7, 11) is 0. The van der Waals surface area contributed by atoms with E-state index in [1.165, 1.54) is 0 Å². The molecule has 0 saturated carbocycles. The number of aromatic nitrogens is 1. The second kappa shape index (κ2) is 3.81. The van der Waals surface area contributed by atoms with Crippen molar-refractivity contribution in [1.29, 1.82) is 0 Å². The molecule has 1 unspecified atom stereocenters. The lowest BCUT2D eigenvalue weighted by Crippen LogP contribution is -2.09. The standard InChI is InChI=1S/C9H13NOS/c1-6(7(2)11)4-9-5-12-8(3)10-9/h5-6H,4H2,1-3H3. The molecule has 0 saturated heterocycles. The van der Waals surface area contributed by atoms with E-state index >= 15 is 0 Å². The highest BCUT2D eigenvalue weighted by Gasteiger charge is 2.09. The van der Waals surface area contributed by atoms with Gasteiger partial charge in [0.15, 0.2) is 0 Å². The number of thiazole rings is 1. The van der Waals surface area contributed by atoms with E-state index in [-0.39, 0.29) is 11.7 Å². The maximum absolute atomic E-state index is 10.9. The molecule has 0 radical (unpaired) electrons. The summed E-state index contributed by atoms with van der Waals surface area (Å²) in [5.41, 5.74) is 1.04. The number of rotatable bonds is 3. The van der Waals surface area contributed by atoms with Crippen molar-refractivity contribution in [1.82, 2.24) is 4.98 Å². The second-order valence-corrected chi connectivity index (χ2v) is 4.14. The van der Waals surface area contributed by atoms with Gasteiger partial charge in [-0.05, 0) is 20.3 Å². The first kappa shape index (κ1) is 9.39. The van der Waals surface area contributed by atoms with Crippen LogP contribution in [0.4, 0.5) is 0 Å². The number of ketones is 1. The minimum absolute atomic E-state index is 0.103. The SMILES string of the molecule is CC(=O)C(C)Cc1csc(C)n1. The van der Waals surface area contributed by atoms with Crippen molar-refractivity contribution in [3.05, 3.63) is 16.1 Å². The van der Waals surface area contributed by atoms with Crippen LogP contribution in [-0.4, -0.2) is 10.8 Å². The third-order valence-corrected chi connectivity index (χ3v) is 2.70. The molecule has 1 aromatic heterocycles. The monoisotopic (exact) mass is 183 g/mol. The third-order valence-electron chi connectivity index (χ3n) is 1.88. The average Bonchev–Trinajstić information content (AvgIpc) is 2.35. The molecule has 0 aromatic carbocycles. The van der Waals surface area contributed by atoms with E-state index in [4.69, 9.17) is 0 Å². The van der Waals surface area contributed by atoms with Gasteiger partial charge in [-0.15, -0.1) is 11.3 Å². The van der Waals surface area contributed by atoms with E-state index in [0.717, 1.165) is 17.1 Å². The quantitative estimate of drug-likeness (QED) is 0.719. The Kier molecular flexibility index (Phi) is 2.98. The highest BCUT2D eigenvalue weighted by atomic mass is 32.1. The third kappa shape index (κ3) is 2.41. The lowest BCUT2D eigenvalue weighted by molar-refractivity contribution is -0.120. The van der Waals surface area contributed by atoms with Gasteiger partial charge in [-0.3, -0.25) is 4.79 Å². The Balaban J connectivity index is 2.58. The molecule has 0 aliphatic heterocycles. The zero-order valence-corrected chi connectivity index (χ0v) is 8.44. The van der Waals surface area contributed by atoms with Crippen LogP contribution in [0, 0.1) is 12.8 Å². The minimum Gasteiger partial charge on any atom is -0.300 e. The Bertz CT molecular complexity index is 280. The predicted octanol–water partition coefficient (Wildman–Crippen LogP) is 2.22. The van der Waals surface area contributed by atoms with Crippen LogP contribution in [0.15, 0.2) is 5.38 Å². The van der Waals surface area contributed by atoms with Gasteiger partial charge in [-0.2, -0.15) is 0 Å². The molecule has 0 fully saturated rings. The zero-order valence-electron chi connectivity index (χ0n) is 7.63. The summed E-state index contributed by atoms with van der Waals surface area (Å²) in [5.74, 6) is 0.340. The van der Waals surface area contributed by atoms with Crippen molar-refractivity contribution in [3.8, 4) is 0 Å². The Labute approximate surface area is 76.6 Å². The first-order valence-corrected chi connectivity index (χ1v) is 4.89. The fourth-order valence-electron chi connectivity index (χ4n) is 0.959. The second-order valence-electron chi connectivity index (χ2n) is 3.07. The summed E-state index contributed by atoms with van der Waals surface area (Å²) in [6, 6.07) is 0. The van der Waals surface area contributed by atoms with E-state index in [2.05, 4.69) is 4.98 Å². The Morgan fingerprint density at radius 1 is 1.75 bits per heavy atom. The Hall–Kier alpha value is -0.700. The molecule has 0 amide bonds. The van der Waals surface area contributed by atoms with Crippen molar-refractivity contribution in [2.75, 3.05) is 0 Å². The average molecular weight is 183 g/mol. The first-order valence-electron chi connectivity index (χ1n) is 4.01. The van der Waals surface area contributed by atoms with E-state index in [0.29, 0.717) is 0 Å². The molecule has 2 nitrogen and oxygen atoms in total. The van der Waals surface area contributed by atoms with Gasteiger partial charge in [0.2, 0.25) is 0 Å². The predicted molar refractivity (Wildman–Crippen MR) is 50.4 cm³/mol. The molecule has 0 bridgehead atoms. The molecule has 1 heterocycles. The maximum Gasteiger partial charge on any atom is 0.133 e. The number of hydrogen-bond donors (Lipinski definition) is 0. The van der Waals surface area contributed by atoms with Crippen LogP contribution >= 0.6 is 11.3 Å². The highest BCUT2D eigenvalue weighted by Crippen LogP contribution is 2.12. The molecular weight excluding hydrogens is 170 g/mol. The van der Waals surface area contributed by atoms with Crippen LogP contribution in [0.1, 0.15) is 24.5 Å². The smallest absolute Gasteiger partial charge is 0.133 e. The van der Waals surface area contributed by atoms with Crippen molar-refractivity contribution < 1.29 is 4.79 Å². The van der Waals surface area contributed by atoms with E-state index in [9.17, 15) is 4.79 Å². The van der Waals surface area contributed by atoms with E-state index in [1.54, 1.807) is 18.3 Å². The van der Waals surface area contributed by atoms with E-state index < -0.39 is 0 Å². The minimum atomic E-state index is 0.103. The van der Waals surface area contributed by atoms with Crippen molar-refractivity contribution >= 4 is 17.1 Å². The van der Waals surface area contributed by atoms with Crippen LogP contribution in [0.3, 0.4) is 0 Å². The lowest BCUT2D eigenvalue weighted by Gasteiger charge is -2.03. The molecule has 0 N–H and O–H groups in total. The largest absolute Gasteiger partial charge is 0.300 e. The van der Waals surface area contributed by atoms with Gasteiger partial charge in [0.1, 0.15) is 5.78 Å². The van der Waals surface area contributed by atoms with Crippen molar-refractivity contribution in [2.24, 2.45) is 5.92 Å². The van der Waals surface area contributed by atoms with Gasteiger partial charge in [0.05, 0.1) is 10.7 Å². The summed E-state index contributed by atoms with van der Waals surface area (Å²) < 4.78 is 0. The highest BCUT2D eigenvalue weighted by molar-refractivity contribution is 7.09. The number of Topliss-reactive ketones (excluding diaryl/α,β-unsaturated/α-hetero) is 1. The summed E-state index contributed by atoms with van der Waals surface area (Å²) in [4.78, 5) is 15.2. The Morgan fingerprint density at radius 2 is 2.42 bits per heavy atom. The molecule has 0 aliphatic rings. The van der Waals surface area contributed by atoms with Crippen LogP contribution in [-0.2, 0) is 11.2 Å². The van der Waals surface area contributed by atoms with Crippen LogP contribution < -0.4 is 0 Å². The van der Waals surface area contributed by atoms with Crippen LogP contribution in [0.25, 0.3) is 0 Å². The molecule has 12 heavy (non-hydrogen) atoms. The van der Waals surface area contributed by atoms with Gasteiger partial charge >= 0.3 is 0 Å². The van der Waals surface area contributed by atoms with Crippen LogP contribution in [0.2, 0.25) is 0 Å². The molecule has 0 spiro atoms. The summed E-state index contributed by atoms with van der Waals surface area (Å²) in [5, 5.41) is 3.09. The lowest BCUT2D eigenvalue weighted by atomic mass is 10.0. The molecule has 1 atom stereocenters. The van der Waals surface area contributed by atoms with E-state index in [1.807, 2.05) is 19.2 Å². The van der Waals surface area contributed by atoms with Crippen molar-refractivity contribution in [3.63, 3.8) is 0 Å². The molecule has 1 aromatic rings. The molecule has 1 rings (SSSR count). The van der Waals surface area contributed by atoms with Gasteiger partial charge < -0.3 is 0 Å². The number of hydrogen-bond acceptors (Lipinski definition) is 3. The van der Waals surface area contributed by atoms with Gasteiger partial charge in [0.25, 0.3) is 0 Å². The van der Waals surface area contributed by atoms with Crippen LogP contribution in [0.5, 0.6) is 0 Å². The normalized spacial score (nSPS) is 12.9. The first-order chi connectivity index (χ1) is 5.59. The summed E-state index contributed by atoms with van der Waals surface area (Å²) >= 11 is 1.64. The number of aryl methyl sites for hydroxylation is 1. The number of carbonyl (C=O) groups is 1. The Morgan fingerprint density at radius 3 is 2.83 bits per heavy atom. The molecule has 66 valence electrons. The summed E-state index contributed by atoms with van der Waals surface area (Å²) in [6.07, 6.45) is 0.777. The van der Waals surface area contributed by atoms with Crippen molar-refractivity contribution in [2.45, 2.75) is 27.2 Å².